The fourth-order valence-electron chi connectivity index (χ4n) is 3.54. The van der Waals surface area contributed by atoms with E-state index in [1.54, 1.807) is 43.5 Å². The van der Waals surface area contributed by atoms with Gasteiger partial charge in [0.05, 0.1) is 15.2 Å². The summed E-state index contributed by atoms with van der Waals surface area (Å²) in [6, 6.07) is -0.422. The maximum atomic E-state index is 12.5. The third kappa shape index (κ3) is 2.83. The van der Waals surface area contributed by atoms with Crippen molar-refractivity contribution in [3.63, 3.8) is 0 Å². The van der Waals surface area contributed by atoms with Gasteiger partial charge in [0, 0.05) is 14.1 Å². The molecule has 4 heterocycles. The number of rotatable bonds is 4. The van der Waals surface area contributed by atoms with Crippen LogP contribution < -0.4 is 0 Å². The first-order valence-corrected chi connectivity index (χ1v) is 9.99. The number of fused-ring (bicyclic) bond motifs is 3. The number of nitro groups is 1. The molecular weight excluding hydrogens is 408 g/mol. The second-order valence-corrected chi connectivity index (χ2v) is 8.31. The molecule has 12 heteroatoms. The maximum absolute atomic E-state index is 12.5. The van der Waals surface area contributed by atoms with Crippen molar-refractivity contribution in [3.05, 3.63) is 44.1 Å². The molecule has 0 aliphatic rings. The Morgan fingerprint density at radius 2 is 1.97 bits per heavy atom. The molecule has 0 radical (unpaired) electrons. The van der Waals surface area contributed by atoms with E-state index in [0.29, 0.717) is 32.6 Å². The Kier molecular flexibility index (Phi) is 4.53. The highest BCUT2D eigenvalue weighted by atomic mass is 32.1. The van der Waals surface area contributed by atoms with Gasteiger partial charge in [-0.2, -0.15) is 5.10 Å². The van der Waals surface area contributed by atoms with Crippen LogP contribution >= 0.6 is 11.3 Å². The number of amides is 1. The van der Waals surface area contributed by atoms with Gasteiger partial charge in [0.25, 0.3) is 5.91 Å². The lowest BCUT2D eigenvalue weighted by molar-refractivity contribution is -0.386. The molecule has 0 spiro atoms. The zero-order valence-electron chi connectivity index (χ0n) is 17.4. The van der Waals surface area contributed by atoms with Crippen molar-refractivity contribution >= 4 is 38.8 Å². The summed E-state index contributed by atoms with van der Waals surface area (Å²) in [7, 11) is 3.42. The summed E-state index contributed by atoms with van der Waals surface area (Å²) in [5.41, 5.74) is 2.18. The summed E-state index contributed by atoms with van der Waals surface area (Å²) in [4.78, 5) is 35.4. The Morgan fingerprint density at radius 3 is 2.57 bits per heavy atom. The van der Waals surface area contributed by atoms with Gasteiger partial charge in [-0.1, -0.05) is 0 Å². The summed E-state index contributed by atoms with van der Waals surface area (Å²) >= 11 is 1.32. The van der Waals surface area contributed by atoms with Crippen molar-refractivity contribution in [2.75, 3.05) is 14.1 Å². The van der Waals surface area contributed by atoms with Crippen LogP contribution in [0.15, 0.2) is 6.33 Å². The second-order valence-electron chi connectivity index (χ2n) is 7.32. The first kappa shape index (κ1) is 19.9. The van der Waals surface area contributed by atoms with Crippen LogP contribution in [0.2, 0.25) is 0 Å². The van der Waals surface area contributed by atoms with E-state index in [4.69, 9.17) is 0 Å². The van der Waals surface area contributed by atoms with Crippen LogP contribution in [-0.2, 0) is 0 Å². The van der Waals surface area contributed by atoms with Crippen LogP contribution in [0.5, 0.6) is 0 Å². The third-order valence-corrected chi connectivity index (χ3v) is 6.28. The van der Waals surface area contributed by atoms with Crippen LogP contribution in [0.1, 0.15) is 45.4 Å². The molecule has 4 rings (SSSR count). The Labute approximate surface area is 175 Å². The van der Waals surface area contributed by atoms with Gasteiger partial charge in [0.2, 0.25) is 0 Å². The monoisotopic (exact) mass is 428 g/mol. The summed E-state index contributed by atoms with van der Waals surface area (Å²) in [6.07, 6.45) is 1.56. The molecule has 0 saturated carbocycles. The van der Waals surface area contributed by atoms with E-state index in [1.165, 1.54) is 16.2 Å². The van der Waals surface area contributed by atoms with Gasteiger partial charge in [0.15, 0.2) is 11.5 Å². The van der Waals surface area contributed by atoms with Crippen molar-refractivity contribution < 1.29 is 9.72 Å². The quantitative estimate of drug-likeness (QED) is 0.361. The molecule has 1 atom stereocenters. The van der Waals surface area contributed by atoms with Crippen molar-refractivity contribution in [3.8, 4) is 0 Å². The number of carbonyl (C=O) groups is 1. The number of thiophene rings is 1. The van der Waals surface area contributed by atoms with E-state index in [1.807, 2.05) is 13.8 Å². The predicted molar refractivity (Wildman–Crippen MR) is 111 cm³/mol. The molecule has 0 saturated heterocycles. The Hall–Kier alpha value is -3.41. The number of hydrogen-bond acceptors (Lipinski definition) is 8. The van der Waals surface area contributed by atoms with Gasteiger partial charge in [-0.05, 0) is 33.3 Å². The fourth-order valence-corrected chi connectivity index (χ4v) is 4.70. The number of nitrogens with zero attached hydrogens (tertiary/aromatic N) is 8. The van der Waals surface area contributed by atoms with Gasteiger partial charge in [0.1, 0.15) is 28.6 Å². The summed E-state index contributed by atoms with van der Waals surface area (Å²) in [6.45, 7) is 6.98. The SMILES string of the molecule is Cc1nn(C(C)c2nc3c4c(C)c(C(=O)N(C)C)sc4ncn3n2)c(C)c1[N+](=O)[O-]. The first-order chi connectivity index (χ1) is 14.1. The van der Waals surface area contributed by atoms with E-state index >= 15 is 0 Å². The molecule has 0 bridgehead atoms. The Morgan fingerprint density at radius 1 is 1.27 bits per heavy atom. The molecule has 11 nitrogen and oxygen atoms in total. The minimum absolute atomic E-state index is 0.00445. The van der Waals surface area contributed by atoms with E-state index in [9.17, 15) is 14.9 Å². The zero-order valence-corrected chi connectivity index (χ0v) is 18.2. The lowest BCUT2D eigenvalue weighted by atomic mass is 10.2. The largest absolute Gasteiger partial charge is 0.344 e. The summed E-state index contributed by atoms with van der Waals surface area (Å²) in [5.74, 6) is 0.368. The predicted octanol–water partition coefficient (Wildman–Crippen LogP) is 2.68. The van der Waals surface area contributed by atoms with Crippen LogP contribution in [0.3, 0.4) is 0 Å². The summed E-state index contributed by atoms with van der Waals surface area (Å²) < 4.78 is 3.13. The molecule has 4 aromatic heterocycles. The zero-order chi connectivity index (χ0) is 21.9. The normalized spacial score (nSPS) is 12.6. The van der Waals surface area contributed by atoms with E-state index < -0.39 is 11.0 Å². The lowest BCUT2D eigenvalue weighted by Gasteiger charge is -2.09. The average molecular weight is 428 g/mol. The highest BCUT2D eigenvalue weighted by Crippen LogP contribution is 2.33. The second kappa shape index (κ2) is 6.83. The maximum Gasteiger partial charge on any atom is 0.312 e. The molecule has 1 amide bonds. The molecule has 0 aromatic carbocycles. The van der Waals surface area contributed by atoms with Crippen LogP contribution in [0, 0.1) is 30.9 Å². The average Bonchev–Trinajstić information content (AvgIpc) is 3.33. The van der Waals surface area contributed by atoms with Gasteiger partial charge in [-0.25, -0.2) is 14.5 Å². The number of aromatic nitrogens is 6. The van der Waals surface area contributed by atoms with Crippen molar-refractivity contribution in [2.45, 2.75) is 33.7 Å². The highest BCUT2D eigenvalue weighted by Gasteiger charge is 2.27. The topological polar surface area (TPSA) is 124 Å². The van der Waals surface area contributed by atoms with E-state index in [0.717, 1.165) is 10.9 Å². The molecule has 0 fully saturated rings. The van der Waals surface area contributed by atoms with Crippen molar-refractivity contribution in [2.24, 2.45) is 0 Å². The first-order valence-electron chi connectivity index (χ1n) is 9.18. The van der Waals surface area contributed by atoms with Gasteiger partial charge in [-0.15, -0.1) is 16.4 Å². The van der Waals surface area contributed by atoms with E-state index in [2.05, 4.69) is 20.2 Å². The molecule has 0 N–H and O–H groups in total. The summed E-state index contributed by atoms with van der Waals surface area (Å²) in [5, 5.41) is 20.9. The molecule has 156 valence electrons. The fraction of sp³-hybridized carbons (Fsp3) is 0.389. The molecule has 1 unspecified atom stereocenters. The molecular formula is C18H20N8O3S. The van der Waals surface area contributed by atoms with Gasteiger partial charge in [-0.3, -0.25) is 19.6 Å². The van der Waals surface area contributed by atoms with E-state index in [-0.39, 0.29) is 11.6 Å². The molecule has 0 aliphatic heterocycles. The van der Waals surface area contributed by atoms with Gasteiger partial charge < -0.3 is 4.90 Å². The van der Waals surface area contributed by atoms with Crippen molar-refractivity contribution in [1.29, 1.82) is 0 Å². The number of hydrogen-bond donors (Lipinski definition) is 0. The third-order valence-electron chi connectivity index (χ3n) is 5.09. The number of aryl methyl sites for hydroxylation is 2. The van der Waals surface area contributed by atoms with Crippen LogP contribution in [0.4, 0.5) is 5.69 Å². The van der Waals surface area contributed by atoms with Crippen molar-refractivity contribution in [1.82, 2.24) is 34.3 Å². The Bertz CT molecular complexity index is 1330. The molecule has 30 heavy (non-hydrogen) atoms. The minimum atomic E-state index is -0.427. The Balaban J connectivity index is 1.86. The number of carbonyl (C=O) groups excluding carboxylic acids is 1. The molecule has 4 aromatic rings. The van der Waals surface area contributed by atoms with Gasteiger partial charge >= 0.3 is 5.69 Å². The smallest absolute Gasteiger partial charge is 0.312 e. The standard InChI is InChI=1S/C18H20N8O3S/c1-8-12-16-20-15(11(4)25-10(3)13(26(28)29)9(2)21-25)22-24(16)7-19-17(12)30-14(8)18(27)23(5)6/h7,11H,1-6H3. The highest BCUT2D eigenvalue weighted by molar-refractivity contribution is 7.20. The lowest BCUT2D eigenvalue weighted by Crippen LogP contribution is -2.21. The van der Waals surface area contributed by atoms with Crippen LogP contribution in [0.25, 0.3) is 15.9 Å². The molecule has 0 aliphatic carbocycles. The minimum Gasteiger partial charge on any atom is -0.344 e. The van der Waals surface area contributed by atoms with Crippen LogP contribution in [-0.4, -0.2) is 59.2 Å².